The number of aliphatic hydroxyl groups excluding tert-OH is 15. The van der Waals surface area contributed by atoms with Crippen molar-refractivity contribution in [3.05, 3.63) is 31.2 Å². The van der Waals surface area contributed by atoms with Crippen molar-refractivity contribution >= 4 is 0 Å². The van der Waals surface area contributed by atoms with Crippen molar-refractivity contribution in [2.45, 2.75) is 237 Å². The minimum Gasteiger partial charge on any atom is -0.737 e. The summed E-state index contributed by atoms with van der Waals surface area (Å²) in [5, 5.41) is 243. The second-order valence-electron chi connectivity index (χ2n) is 25.7. The minimum absolute atomic E-state index is 0.0293. The van der Waals surface area contributed by atoms with Crippen molar-refractivity contribution < 1.29 is 148 Å². The Labute approximate surface area is 606 Å². The maximum absolute atomic E-state index is 12.1. The van der Waals surface area contributed by atoms with Crippen molar-refractivity contribution in [2.75, 3.05) is 133 Å². The molecule has 0 saturated carbocycles. The largest absolute Gasteiger partial charge is 0.737 e. The Bertz CT molecular complexity index is 2450. The smallest absolute Gasteiger partial charge is 0.187 e. The number of aliphatic hydroxyl groups is 15. The Hall–Kier alpha value is -4.28. The summed E-state index contributed by atoms with van der Waals surface area (Å²) < 4.78 is 66.5. The molecule has 0 aromatic heterocycles. The molecule has 6 rings (SSSR count). The fourth-order valence-corrected chi connectivity index (χ4v) is 12.5. The molecule has 0 aromatic rings. The van der Waals surface area contributed by atoms with Gasteiger partial charge in [-0.3, -0.25) is 0 Å². The van der Waals surface area contributed by atoms with Gasteiger partial charge in [-0.05, 0) is 95.0 Å². The molecule has 6 aliphatic heterocycles. The van der Waals surface area contributed by atoms with Gasteiger partial charge in [-0.1, -0.05) is 6.92 Å². The van der Waals surface area contributed by atoms with E-state index in [1.807, 2.05) is 6.92 Å². The first-order chi connectivity index (χ1) is 50.1. The molecule has 22 N–H and O–H groups in total. The second kappa shape index (κ2) is 47.7. The standard InChI is InChI=1S/C20H41N5O11.C20H40N4O11.C18H37N5O11/c1-11-14(27)15(28)19(13(10-26)34-11)36-20-17(30)16(29)18(33-2)12(35-20)9-24(25(32)23-31)8-4-7-22-6-3-5-21;1-4-6-21-7-5-8-23(24(31)22-30)9-12-18(32-3)16(28)17(29)20(34-12)35-19-13(10-25)33-11(2)14(26)15(19)27;1-9-12(25)13(26)17(11(8-24)32-9)34-18-15(28)14(27)16(31-2)10(33-18)7-22(23(30)21-29)6-5-20-4-3-19/h11-20,22,26-31H,3-10,21H2,1-2H3;11-21,25-30H,4-10H2,1-3H3;9-18,20,24-29H,3-8,19H2,1-2H3/p-3/b25-23-;24-22-;23-21-/t2*11-,12-,13-,14+,15-,16-,17-,18-,19?,20-;9-,10-,11-,12+,13-,14-,15-,16-,17?,18-/m111/s1. The quantitative estimate of drug-likeness (QED) is 0.0118. The molecule has 0 amide bonds. The van der Waals surface area contributed by atoms with Crippen LogP contribution in [0.2, 0.25) is 0 Å². The van der Waals surface area contributed by atoms with Crippen LogP contribution in [-0.4, -0.2) is 423 Å². The number of hydrazine groups is 3. The SMILES string of the molecule is CCCNCCCN(C[C@H]1O[C@H](OC2[C@@H](CO)O[C@H](C)[C@H](O)[C@H]2O)[C@H](O)[C@@H](O)[C@@H]1OC)/[N+]([O-])=N/[O-].CO[C@H]1[C@H](O)[C@@H](O)[C@@H](OC2[C@@H](CO)O[C@H](C)[C@H](O)[C@H]2O)O[C@@H]1CN(CCCNCCCN)/[N+]([O-])=N/[O-].CO[C@H]1[C@H](O)[C@@H](O)[C@@H](OC2[C@@H](CO)O[C@H](C)[C@H](O)[C@H]2O)O[C@@H]1CN(CCNCCN)/[N+]([O-])=N/[O-]. The molecule has 0 radical (unpaired) electrons. The summed E-state index contributed by atoms with van der Waals surface area (Å²) in [6.07, 6.45) is -36.0. The molecule has 0 aromatic carbocycles. The van der Waals surface area contributed by atoms with Crippen molar-refractivity contribution in [1.29, 1.82) is 0 Å². The molecule has 105 heavy (non-hydrogen) atoms. The Morgan fingerprint density at radius 1 is 0.371 bits per heavy atom. The van der Waals surface area contributed by atoms with E-state index in [9.17, 15) is 108 Å². The van der Waals surface area contributed by atoms with Gasteiger partial charge in [0.05, 0.1) is 57.8 Å². The first-order valence-corrected chi connectivity index (χ1v) is 34.7. The van der Waals surface area contributed by atoms with Crippen LogP contribution in [0.4, 0.5) is 0 Å². The lowest BCUT2D eigenvalue weighted by Gasteiger charge is -2.46. The normalized spacial score (nSPS) is 38.5. The molecular weight excluding hydrogens is 1420 g/mol. The van der Waals surface area contributed by atoms with Crippen molar-refractivity contribution in [1.82, 2.24) is 31.0 Å². The molecule has 6 aliphatic rings. The highest BCUT2D eigenvalue weighted by atomic mass is 16.7. The van der Waals surface area contributed by atoms with Gasteiger partial charge in [0.2, 0.25) is 0 Å². The predicted molar refractivity (Wildman–Crippen MR) is 353 cm³/mol. The summed E-state index contributed by atoms with van der Waals surface area (Å²) in [5.74, 6) is 0. The van der Waals surface area contributed by atoms with Gasteiger partial charge in [0.25, 0.3) is 0 Å². The Kier molecular flexibility index (Phi) is 42.3. The number of nitrogens with two attached hydrogens (primary N) is 2. The molecule has 0 spiro atoms. The van der Waals surface area contributed by atoms with Gasteiger partial charge >= 0.3 is 0 Å². The van der Waals surface area contributed by atoms with Crippen LogP contribution < -0.4 is 27.4 Å². The molecule has 6 heterocycles. The topological polar surface area (TPSA) is 697 Å². The average molecular weight is 1540 g/mol. The van der Waals surface area contributed by atoms with Crippen LogP contribution >= 0.6 is 0 Å². The van der Waals surface area contributed by atoms with E-state index in [0.29, 0.717) is 52.1 Å². The first kappa shape index (κ1) is 93.1. The van der Waals surface area contributed by atoms with Gasteiger partial charge in [-0.25, -0.2) is 0 Å². The van der Waals surface area contributed by atoms with E-state index >= 15 is 0 Å². The van der Waals surface area contributed by atoms with E-state index in [2.05, 4.69) is 31.8 Å². The van der Waals surface area contributed by atoms with E-state index < -0.39 is 203 Å². The van der Waals surface area contributed by atoms with Crippen molar-refractivity contribution in [2.24, 2.45) is 27.3 Å². The van der Waals surface area contributed by atoms with E-state index in [4.69, 9.17) is 68.3 Å². The summed E-state index contributed by atoms with van der Waals surface area (Å²) in [6, 6.07) is 0. The molecule has 0 bridgehead atoms. The summed E-state index contributed by atoms with van der Waals surface area (Å²) in [7, 11) is 3.81. The van der Waals surface area contributed by atoms with E-state index in [1.54, 1.807) is 0 Å². The van der Waals surface area contributed by atoms with Crippen LogP contribution in [-0.2, 0) is 56.8 Å². The number of hydrogen-bond acceptors (Lipinski definition) is 41. The molecule has 6 saturated heterocycles. The zero-order valence-corrected chi connectivity index (χ0v) is 59.9. The summed E-state index contributed by atoms with van der Waals surface area (Å²) in [6.45, 7) is 8.67. The maximum Gasteiger partial charge on any atom is 0.187 e. The second-order valence-corrected chi connectivity index (χ2v) is 25.7. The zero-order valence-electron chi connectivity index (χ0n) is 59.9. The lowest BCUT2D eigenvalue weighted by Crippen LogP contribution is -2.65. The van der Waals surface area contributed by atoms with Gasteiger partial charge in [-0.2, -0.15) is 0 Å². The van der Waals surface area contributed by atoms with E-state index in [0.717, 1.165) is 34.4 Å². The lowest BCUT2D eigenvalue weighted by molar-refractivity contribution is -0.692. The molecule has 0 aliphatic carbocycles. The first-order valence-electron chi connectivity index (χ1n) is 34.7. The average Bonchev–Trinajstić information content (AvgIpc) is 0.796. The lowest BCUT2D eigenvalue weighted by atomic mass is 9.94. The Morgan fingerprint density at radius 2 is 0.657 bits per heavy atom. The van der Waals surface area contributed by atoms with E-state index in [1.165, 1.54) is 42.1 Å². The number of methoxy groups -OCH3 is 3. The fourth-order valence-electron chi connectivity index (χ4n) is 12.5. The highest BCUT2D eigenvalue weighted by Crippen LogP contribution is 2.34. The summed E-state index contributed by atoms with van der Waals surface area (Å²) in [4.78, 5) is -0.436. The molecular formula is C58H115N14O33-3. The number of hydrogen-bond donors (Lipinski definition) is 20. The number of ether oxygens (including phenoxy) is 12. The number of nitrogens with zero attached hydrogens (tertiary/aromatic N) is 9. The van der Waals surface area contributed by atoms with Gasteiger partial charge < -0.3 is 192 Å². The van der Waals surface area contributed by atoms with Crippen LogP contribution in [0.1, 0.15) is 53.4 Å². The van der Waals surface area contributed by atoms with Crippen LogP contribution in [0, 0.1) is 31.2 Å². The van der Waals surface area contributed by atoms with Gasteiger partial charge in [0.1, 0.15) is 166 Å². The zero-order chi connectivity index (χ0) is 78.4. The van der Waals surface area contributed by atoms with Crippen molar-refractivity contribution in [3.63, 3.8) is 0 Å². The summed E-state index contributed by atoms with van der Waals surface area (Å²) in [5.41, 5.74) is 10.8. The molecule has 6 fully saturated rings. The molecule has 618 valence electrons. The molecule has 3 unspecified atom stereocenters. The van der Waals surface area contributed by atoms with Crippen LogP contribution in [0.25, 0.3) is 0 Å². The third-order valence-corrected chi connectivity index (χ3v) is 18.4. The monoisotopic (exact) mass is 1540 g/mol. The Morgan fingerprint density at radius 3 is 0.933 bits per heavy atom. The Balaban J connectivity index is 0.000000333. The van der Waals surface area contributed by atoms with Gasteiger partial charge in [0.15, 0.2) is 18.9 Å². The number of nitrogens with one attached hydrogen (secondary N) is 3. The third kappa shape index (κ3) is 26.2. The van der Waals surface area contributed by atoms with E-state index in [-0.39, 0.29) is 60.7 Å². The highest BCUT2D eigenvalue weighted by molar-refractivity contribution is 4.99. The number of rotatable bonds is 39. The fraction of sp³-hybridized carbons (Fsp3) is 1.00. The maximum atomic E-state index is 12.1. The van der Waals surface area contributed by atoms with Crippen molar-refractivity contribution in [3.8, 4) is 0 Å². The molecule has 47 nitrogen and oxygen atoms in total. The highest BCUT2D eigenvalue weighted by Gasteiger charge is 2.55. The molecule has 30 atom stereocenters. The van der Waals surface area contributed by atoms with Crippen LogP contribution in [0.3, 0.4) is 0 Å². The third-order valence-electron chi connectivity index (χ3n) is 18.4. The van der Waals surface area contributed by atoms with Crippen LogP contribution in [0.15, 0.2) is 15.8 Å². The predicted octanol–water partition coefficient (Wildman–Crippen LogP) is -10.7. The van der Waals surface area contributed by atoms with Crippen LogP contribution in [0.5, 0.6) is 0 Å². The van der Waals surface area contributed by atoms with Gasteiger partial charge in [0, 0.05) is 55.9 Å². The molecule has 47 heteroatoms. The van der Waals surface area contributed by atoms with Gasteiger partial charge in [-0.15, -0.1) is 15.0 Å². The summed E-state index contributed by atoms with van der Waals surface area (Å²) >= 11 is 0. The minimum atomic E-state index is -1.66.